The number of amides is 1. The molecule has 1 saturated carbocycles. The molecule has 2 aromatic carbocycles. The van der Waals surface area contributed by atoms with E-state index < -0.39 is 11.7 Å². The van der Waals surface area contributed by atoms with E-state index >= 15 is 0 Å². The Balaban J connectivity index is 1.24. The zero-order valence-corrected chi connectivity index (χ0v) is 16.3. The Morgan fingerprint density at radius 2 is 1.73 bits per heavy atom. The number of alkyl halides is 3. The predicted octanol–water partition coefficient (Wildman–Crippen LogP) is 4.87. The van der Waals surface area contributed by atoms with Crippen LogP contribution < -0.4 is 10.6 Å². The van der Waals surface area contributed by atoms with E-state index in [9.17, 15) is 18.0 Å². The fourth-order valence-electron chi connectivity index (χ4n) is 3.86. The first-order valence-corrected chi connectivity index (χ1v) is 10.0. The molecule has 158 valence electrons. The Bertz CT molecular complexity index is 972. The van der Waals surface area contributed by atoms with Crippen molar-refractivity contribution in [3.8, 4) is 0 Å². The minimum atomic E-state index is -4.35. The third-order valence-electron chi connectivity index (χ3n) is 5.58. The number of aromatic nitrogens is 2. The van der Waals surface area contributed by atoms with Gasteiger partial charge in [-0.15, -0.1) is 0 Å². The second-order valence-electron chi connectivity index (χ2n) is 7.71. The van der Waals surface area contributed by atoms with Crippen molar-refractivity contribution >= 4 is 22.9 Å². The summed E-state index contributed by atoms with van der Waals surface area (Å²) in [7, 11) is 0. The summed E-state index contributed by atoms with van der Waals surface area (Å²) in [6.07, 6.45) is -1.12. The van der Waals surface area contributed by atoms with E-state index in [1.165, 1.54) is 12.1 Å². The van der Waals surface area contributed by atoms with Crippen molar-refractivity contribution in [2.75, 3.05) is 5.32 Å². The van der Waals surface area contributed by atoms with Crippen LogP contribution in [0.25, 0.3) is 11.0 Å². The number of aromatic amines is 1. The van der Waals surface area contributed by atoms with Gasteiger partial charge < -0.3 is 15.6 Å². The second-order valence-corrected chi connectivity index (χ2v) is 7.71. The summed E-state index contributed by atoms with van der Waals surface area (Å²) in [6, 6.07) is 13.0. The number of carbonyl (C=O) groups is 1. The number of para-hydroxylation sites is 2. The summed E-state index contributed by atoms with van der Waals surface area (Å²) in [5.74, 6) is 0.622. The number of hydrogen-bond acceptors (Lipinski definition) is 3. The number of rotatable bonds is 5. The van der Waals surface area contributed by atoms with Crippen molar-refractivity contribution in [1.82, 2.24) is 15.3 Å². The molecule has 1 amide bonds. The molecule has 1 aliphatic carbocycles. The maximum atomic E-state index is 12.6. The topological polar surface area (TPSA) is 69.8 Å². The third kappa shape index (κ3) is 4.75. The molecule has 8 heteroatoms. The fraction of sp³-hybridized carbons (Fsp3) is 0.364. The zero-order chi connectivity index (χ0) is 21.1. The number of H-pyrrole nitrogens is 1. The van der Waals surface area contributed by atoms with Crippen molar-refractivity contribution in [2.45, 2.75) is 44.4 Å². The predicted molar refractivity (Wildman–Crippen MR) is 109 cm³/mol. The highest BCUT2D eigenvalue weighted by Crippen LogP contribution is 2.29. The molecule has 1 aromatic heterocycles. The molecule has 1 heterocycles. The van der Waals surface area contributed by atoms with Gasteiger partial charge in [-0.05, 0) is 55.5 Å². The van der Waals surface area contributed by atoms with E-state index in [4.69, 9.17) is 0 Å². The Morgan fingerprint density at radius 3 is 2.40 bits per heavy atom. The number of nitrogens with zero attached hydrogens (tertiary/aromatic N) is 1. The first-order valence-electron chi connectivity index (χ1n) is 10.0. The number of imidazole rings is 1. The largest absolute Gasteiger partial charge is 0.416 e. The summed E-state index contributed by atoms with van der Waals surface area (Å²) in [5.41, 5.74) is 1.86. The second kappa shape index (κ2) is 8.38. The van der Waals surface area contributed by atoms with Crippen LogP contribution in [0.1, 0.15) is 36.8 Å². The van der Waals surface area contributed by atoms with Crippen LogP contribution in [0.2, 0.25) is 0 Å². The molecule has 5 nitrogen and oxygen atoms in total. The maximum absolute atomic E-state index is 12.6. The molecule has 0 unspecified atom stereocenters. The van der Waals surface area contributed by atoms with Gasteiger partial charge in [0.15, 0.2) is 0 Å². The lowest BCUT2D eigenvalue weighted by Gasteiger charge is -2.28. The molecule has 0 aliphatic heterocycles. The summed E-state index contributed by atoms with van der Waals surface area (Å²) in [6.45, 7) is 0.230. The highest BCUT2D eigenvalue weighted by Gasteiger charge is 2.30. The average Bonchev–Trinajstić information content (AvgIpc) is 3.14. The SMILES string of the molecule is O=C(NCc1ccc(C(F)(F)F)cc1)C1CCC(Nc2nc3ccccc3[nH]2)CC1. The normalized spacial score (nSPS) is 19.6. The molecule has 1 aliphatic rings. The first kappa shape index (κ1) is 20.3. The van der Waals surface area contributed by atoms with Crippen LogP contribution in [-0.4, -0.2) is 21.9 Å². The van der Waals surface area contributed by atoms with E-state index in [1.807, 2.05) is 24.3 Å². The van der Waals surface area contributed by atoms with E-state index in [-0.39, 0.29) is 24.4 Å². The van der Waals surface area contributed by atoms with Gasteiger partial charge in [0.2, 0.25) is 11.9 Å². The molecule has 3 aromatic rings. The smallest absolute Gasteiger partial charge is 0.353 e. The lowest BCUT2D eigenvalue weighted by atomic mass is 9.85. The van der Waals surface area contributed by atoms with Crippen LogP contribution in [0.15, 0.2) is 48.5 Å². The molecule has 0 atom stereocenters. The van der Waals surface area contributed by atoms with Crippen molar-refractivity contribution in [3.05, 3.63) is 59.7 Å². The quantitative estimate of drug-likeness (QED) is 0.556. The monoisotopic (exact) mass is 416 g/mol. The minimum absolute atomic E-state index is 0.0444. The van der Waals surface area contributed by atoms with E-state index in [0.29, 0.717) is 5.56 Å². The van der Waals surface area contributed by atoms with Gasteiger partial charge in [0.1, 0.15) is 0 Å². The highest BCUT2D eigenvalue weighted by molar-refractivity contribution is 5.79. The number of benzene rings is 2. The van der Waals surface area contributed by atoms with Gasteiger partial charge in [0.25, 0.3) is 0 Å². The summed E-state index contributed by atoms with van der Waals surface area (Å²) < 4.78 is 37.9. The van der Waals surface area contributed by atoms with Crippen LogP contribution >= 0.6 is 0 Å². The Kier molecular flexibility index (Phi) is 5.65. The first-order chi connectivity index (χ1) is 14.4. The number of nitrogens with one attached hydrogen (secondary N) is 3. The number of fused-ring (bicyclic) bond motifs is 1. The number of carbonyl (C=O) groups excluding carboxylic acids is 1. The lowest BCUT2D eigenvalue weighted by molar-refractivity contribution is -0.137. The summed E-state index contributed by atoms with van der Waals surface area (Å²) in [5, 5.41) is 6.26. The van der Waals surface area contributed by atoms with Gasteiger partial charge >= 0.3 is 6.18 Å². The summed E-state index contributed by atoms with van der Waals surface area (Å²) >= 11 is 0. The van der Waals surface area contributed by atoms with Gasteiger partial charge in [0, 0.05) is 18.5 Å². The van der Waals surface area contributed by atoms with E-state index in [1.54, 1.807) is 0 Å². The molecule has 3 N–H and O–H groups in total. The average molecular weight is 416 g/mol. The Hall–Kier alpha value is -3.03. The molecule has 0 saturated heterocycles. The van der Waals surface area contributed by atoms with Crippen LogP contribution in [0.4, 0.5) is 19.1 Å². The van der Waals surface area contributed by atoms with Crippen LogP contribution in [0.3, 0.4) is 0 Å². The van der Waals surface area contributed by atoms with Gasteiger partial charge in [0.05, 0.1) is 16.6 Å². The van der Waals surface area contributed by atoms with Crippen molar-refractivity contribution in [3.63, 3.8) is 0 Å². The van der Waals surface area contributed by atoms with Crippen LogP contribution in [-0.2, 0) is 17.5 Å². The number of halogens is 3. The van der Waals surface area contributed by atoms with Crippen molar-refractivity contribution in [1.29, 1.82) is 0 Å². The van der Waals surface area contributed by atoms with Crippen LogP contribution in [0, 0.1) is 5.92 Å². The molecule has 0 bridgehead atoms. The van der Waals surface area contributed by atoms with Crippen molar-refractivity contribution in [2.24, 2.45) is 5.92 Å². The Labute approximate surface area is 172 Å². The Morgan fingerprint density at radius 1 is 1.03 bits per heavy atom. The van der Waals surface area contributed by atoms with Crippen LogP contribution in [0.5, 0.6) is 0 Å². The molecular formula is C22H23F3N4O. The van der Waals surface area contributed by atoms with Crippen molar-refractivity contribution < 1.29 is 18.0 Å². The van der Waals surface area contributed by atoms with Gasteiger partial charge in [-0.25, -0.2) is 4.98 Å². The van der Waals surface area contributed by atoms with Gasteiger partial charge in [-0.2, -0.15) is 13.2 Å². The van der Waals surface area contributed by atoms with Gasteiger partial charge in [-0.1, -0.05) is 24.3 Å². The third-order valence-corrected chi connectivity index (χ3v) is 5.58. The van der Waals surface area contributed by atoms with E-state index in [2.05, 4.69) is 20.6 Å². The molecule has 0 radical (unpaired) electrons. The lowest BCUT2D eigenvalue weighted by Crippen LogP contribution is -2.35. The number of anilines is 1. The molecule has 1 fully saturated rings. The molecule has 30 heavy (non-hydrogen) atoms. The van der Waals surface area contributed by atoms with E-state index in [0.717, 1.165) is 54.8 Å². The summed E-state index contributed by atoms with van der Waals surface area (Å²) in [4.78, 5) is 20.2. The zero-order valence-electron chi connectivity index (χ0n) is 16.3. The molecule has 4 rings (SSSR count). The maximum Gasteiger partial charge on any atom is 0.416 e. The standard InChI is InChI=1S/C22H23F3N4O/c23-22(24,25)16-9-5-14(6-10-16)13-26-20(30)15-7-11-17(12-8-15)27-21-28-18-3-1-2-4-19(18)29-21/h1-6,9-10,15,17H,7-8,11-13H2,(H,26,30)(H2,27,28,29). The van der Waals surface area contributed by atoms with Gasteiger partial charge in [-0.3, -0.25) is 4.79 Å². The molecular weight excluding hydrogens is 393 g/mol. The number of hydrogen-bond donors (Lipinski definition) is 3. The fourth-order valence-corrected chi connectivity index (χ4v) is 3.86. The molecule has 0 spiro atoms. The minimum Gasteiger partial charge on any atom is -0.353 e. The highest BCUT2D eigenvalue weighted by atomic mass is 19.4.